The van der Waals surface area contributed by atoms with E-state index in [1.54, 1.807) is 14.2 Å². The zero-order valence-corrected chi connectivity index (χ0v) is 14.3. The number of nitrogens with zero attached hydrogens (tertiary/aromatic N) is 2. The summed E-state index contributed by atoms with van der Waals surface area (Å²) in [5, 5.41) is 6.67. The van der Waals surface area contributed by atoms with E-state index in [-0.39, 0.29) is 42.9 Å². The second-order valence-corrected chi connectivity index (χ2v) is 5.51. The Morgan fingerprint density at radius 3 is 2.87 bits per heavy atom. The fourth-order valence-corrected chi connectivity index (χ4v) is 2.67. The summed E-state index contributed by atoms with van der Waals surface area (Å²) in [6.07, 6.45) is 2.83. The van der Waals surface area contributed by atoms with E-state index in [4.69, 9.17) is 19.7 Å². The predicted octanol–water partition coefficient (Wildman–Crippen LogP) is 0.439. The number of halogens is 1. The predicted molar refractivity (Wildman–Crippen MR) is 85.1 cm³/mol. The van der Waals surface area contributed by atoms with Gasteiger partial charge in [0.1, 0.15) is 0 Å². The second-order valence-electron chi connectivity index (χ2n) is 5.51. The van der Waals surface area contributed by atoms with Crippen molar-refractivity contribution < 1.29 is 18.8 Å². The van der Waals surface area contributed by atoms with Crippen molar-refractivity contribution in [2.45, 2.75) is 44.4 Å². The molecular formula is C14H25ClN4O4. The number of carbonyl (C=O) groups is 1. The highest BCUT2D eigenvalue weighted by Gasteiger charge is 2.31. The molecule has 1 amide bonds. The maximum atomic E-state index is 12.2. The zero-order chi connectivity index (χ0) is 15.9. The second kappa shape index (κ2) is 9.82. The van der Waals surface area contributed by atoms with Crippen LogP contribution in [0.15, 0.2) is 4.52 Å². The molecule has 1 fully saturated rings. The molecule has 0 spiro atoms. The molecule has 132 valence electrons. The lowest BCUT2D eigenvalue weighted by Gasteiger charge is -2.32. The van der Waals surface area contributed by atoms with E-state index in [0.717, 1.165) is 12.8 Å². The molecule has 0 aliphatic heterocycles. The van der Waals surface area contributed by atoms with Gasteiger partial charge in [-0.1, -0.05) is 5.16 Å². The molecule has 1 heterocycles. The summed E-state index contributed by atoms with van der Waals surface area (Å²) in [5.74, 6) is 0.873. The molecule has 0 bridgehead atoms. The fourth-order valence-electron chi connectivity index (χ4n) is 2.67. The Bertz CT molecular complexity index is 485. The molecule has 3 N–H and O–H groups in total. The van der Waals surface area contributed by atoms with Gasteiger partial charge in [-0.15, -0.1) is 12.4 Å². The van der Waals surface area contributed by atoms with Crippen LogP contribution in [-0.4, -0.2) is 49.0 Å². The molecule has 0 saturated heterocycles. The first-order chi connectivity index (χ1) is 10.6. The average molecular weight is 349 g/mol. The van der Waals surface area contributed by atoms with Gasteiger partial charge in [0, 0.05) is 26.2 Å². The van der Waals surface area contributed by atoms with Crippen LogP contribution in [0.3, 0.4) is 0 Å². The van der Waals surface area contributed by atoms with E-state index < -0.39 is 0 Å². The van der Waals surface area contributed by atoms with Gasteiger partial charge < -0.3 is 25.0 Å². The van der Waals surface area contributed by atoms with Crippen molar-refractivity contribution >= 4 is 18.3 Å². The molecule has 3 atom stereocenters. The van der Waals surface area contributed by atoms with Crippen molar-refractivity contribution in [2.24, 2.45) is 11.7 Å². The van der Waals surface area contributed by atoms with Crippen LogP contribution in [0.5, 0.6) is 0 Å². The van der Waals surface area contributed by atoms with Gasteiger partial charge in [-0.25, -0.2) is 0 Å². The molecule has 0 radical (unpaired) electrons. The molecule has 1 aromatic heterocycles. The summed E-state index contributed by atoms with van der Waals surface area (Å²) in [6.45, 7) is 0.781. The van der Waals surface area contributed by atoms with Crippen LogP contribution in [0.4, 0.5) is 0 Å². The van der Waals surface area contributed by atoms with Crippen molar-refractivity contribution in [3.8, 4) is 0 Å². The number of nitrogens with two attached hydrogens (primary N) is 1. The molecular weight excluding hydrogens is 324 g/mol. The smallest absolute Gasteiger partial charge is 0.229 e. The number of aromatic nitrogens is 2. The molecule has 1 aromatic rings. The maximum absolute atomic E-state index is 12.2. The molecule has 8 nitrogen and oxygen atoms in total. The first-order valence-electron chi connectivity index (χ1n) is 7.50. The SMILES string of the molecule is COCCc1nc(CNC(=O)[C@H]2CC[C@@H](OC)[C@H](N)C2)no1.Cl. The molecule has 1 aliphatic carbocycles. The van der Waals surface area contributed by atoms with E-state index in [2.05, 4.69) is 15.5 Å². The van der Waals surface area contributed by atoms with Crippen LogP contribution in [0, 0.1) is 5.92 Å². The lowest BCUT2D eigenvalue weighted by Crippen LogP contribution is -2.45. The average Bonchev–Trinajstić information content (AvgIpc) is 2.98. The van der Waals surface area contributed by atoms with Gasteiger partial charge in [0.05, 0.1) is 25.7 Å². The number of carbonyl (C=O) groups excluding carboxylic acids is 1. The van der Waals surface area contributed by atoms with Crippen LogP contribution >= 0.6 is 12.4 Å². The number of nitrogens with one attached hydrogen (secondary N) is 1. The zero-order valence-electron chi connectivity index (χ0n) is 13.5. The molecule has 0 unspecified atom stereocenters. The van der Waals surface area contributed by atoms with Gasteiger partial charge in [-0.3, -0.25) is 4.79 Å². The number of rotatable bonds is 7. The summed E-state index contributed by atoms with van der Waals surface area (Å²) in [5.41, 5.74) is 6.02. The van der Waals surface area contributed by atoms with Gasteiger partial charge in [0.15, 0.2) is 5.82 Å². The van der Waals surface area contributed by atoms with Gasteiger partial charge in [-0.05, 0) is 19.3 Å². The minimum Gasteiger partial charge on any atom is -0.384 e. The lowest BCUT2D eigenvalue weighted by molar-refractivity contribution is -0.127. The van der Waals surface area contributed by atoms with Crippen LogP contribution < -0.4 is 11.1 Å². The number of hydrogen-bond donors (Lipinski definition) is 2. The summed E-state index contributed by atoms with van der Waals surface area (Å²) >= 11 is 0. The molecule has 1 aliphatic rings. The normalized spacial score (nSPS) is 24.0. The highest BCUT2D eigenvalue weighted by atomic mass is 35.5. The maximum Gasteiger partial charge on any atom is 0.229 e. The third kappa shape index (κ3) is 5.72. The van der Waals surface area contributed by atoms with Crippen LogP contribution in [0.1, 0.15) is 31.0 Å². The van der Waals surface area contributed by atoms with Gasteiger partial charge in [0.25, 0.3) is 0 Å². The van der Waals surface area contributed by atoms with Crippen molar-refractivity contribution in [1.82, 2.24) is 15.5 Å². The molecule has 1 saturated carbocycles. The van der Waals surface area contributed by atoms with Gasteiger partial charge in [0.2, 0.25) is 11.8 Å². The van der Waals surface area contributed by atoms with E-state index >= 15 is 0 Å². The molecule has 2 rings (SSSR count). The summed E-state index contributed by atoms with van der Waals surface area (Å²) in [4.78, 5) is 16.4. The topological polar surface area (TPSA) is 112 Å². The third-order valence-corrected chi connectivity index (χ3v) is 3.96. The summed E-state index contributed by atoms with van der Waals surface area (Å²) in [6, 6.07) is -0.0969. The van der Waals surface area contributed by atoms with E-state index in [0.29, 0.717) is 31.2 Å². The van der Waals surface area contributed by atoms with Crippen LogP contribution in [-0.2, 0) is 27.2 Å². The quantitative estimate of drug-likeness (QED) is 0.735. The Morgan fingerprint density at radius 2 is 2.22 bits per heavy atom. The highest BCUT2D eigenvalue weighted by Crippen LogP contribution is 2.25. The number of amides is 1. The van der Waals surface area contributed by atoms with Crippen LogP contribution in [0.25, 0.3) is 0 Å². The first-order valence-corrected chi connectivity index (χ1v) is 7.50. The Balaban J connectivity index is 0.00000264. The first kappa shape index (κ1) is 19.8. The number of hydrogen-bond acceptors (Lipinski definition) is 7. The Kier molecular flexibility index (Phi) is 8.46. The van der Waals surface area contributed by atoms with Crippen molar-refractivity contribution in [3.63, 3.8) is 0 Å². The molecule has 9 heteroatoms. The summed E-state index contributed by atoms with van der Waals surface area (Å²) < 4.78 is 15.3. The number of ether oxygens (including phenoxy) is 2. The Hall–Kier alpha value is -1.22. The van der Waals surface area contributed by atoms with E-state index in [1.165, 1.54) is 0 Å². The minimum atomic E-state index is -0.0969. The standard InChI is InChI=1S/C14H24N4O4.ClH/c1-20-6-5-13-17-12(18-22-13)8-16-14(19)9-3-4-11(21-2)10(15)7-9;/h9-11H,3-8,15H2,1-2H3,(H,16,19);1H/t9-,10+,11+;/m0./s1. The van der Waals surface area contributed by atoms with E-state index in [9.17, 15) is 4.79 Å². The fraction of sp³-hybridized carbons (Fsp3) is 0.786. The van der Waals surface area contributed by atoms with Crippen molar-refractivity contribution in [3.05, 3.63) is 11.7 Å². The summed E-state index contributed by atoms with van der Waals surface area (Å²) in [7, 11) is 3.27. The monoisotopic (exact) mass is 348 g/mol. The van der Waals surface area contributed by atoms with E-state index in [1.807, 2.05) is 0 Å². The molecule has 23 heavy (non-hydrogen) atoms. The minimum absolute atomic E-state index is 0. The molecule has 0 aromatic carbocycles. The Morgan fingerprint density at radius 1 is 1.43 bits per heavy atom. The van der Waals surface area contributed by atoms with Crippen molar-refractivity contribution in [1.29, 1.82) is 0 Å². The van der Waals surface area contributed by atoms with Gasteiger partial charge >= 0.3 is 0 Å². The Labute approximate surface area is 141 Å². The third-order valence-electron chi connectivity index (χ3n) is 3.96. The largest absolute Gasteiger partial charge is 0.384 e. The van der Waals surface area contributed by atoms with Gasteiger partial charge in [-0.2, -0.15) is 4.98 Å². The van der Waals surface area contributed by atoms with Crippen LogP contribution in [0.2, 0.25) is 0 Å². The van der Waals surface area contributed by atoms with Crippen molar-refractivity contribution in [2.75, 3.05) is 20.8 Å². The number of methoxy groups -OCH3 is 2. The highest BCUT2D eigenvalue weighted by molar-refractivity contribution is 5.85. The lowest BCUT2D eigenvalue weighted by atomic mass is 9.83.